The maximum Gasteiger partial charge on any atom is 0.226 e. The first-order valence-corrected chi connectivity index (χ1v) is 7.58. The van der Waals surface area contributed by atoms with E-state index in [-0.39, 0.29) is 24.4 Å². The summed E-state index contributed by atoms with van der Waals surface area (Å²) in [6, 6.07) is 0.160. The fourth-order valence-electron chi connectivity index (χ4n) is 2.42. The predicted octanol–water partition coefficient (Wildman–Crippen LogP) is 1.54. The van der Waals surface area contributed by atoms with Crippen LogP contribution in [-0.2, 0) is 11.2 Å². The van der Waals surface area contributed by atoms with Gasteiger partial charge in [0.2, 0.25) is 11.8 Å². The van der Waals surface area contributed by atoms with Crippen LogP contribution in [-0.4, -0.2) is 28.6 Å². The molecule has 1 amide bonds. The molecule has 3 rings (SSSR count). The number of aromatic nitrogens is 2. The summed E-state index contributed by atoms with van der Waals surface area (Å²) < 4.78 is 5.19. The van der Waals surface area contributed by atoms with Crippen molar-refractivity contribution in [2.24, 2.45) is 11.7 Å². The lowest BCUT2D eigenvalue weighted by Crippen LogP contribution is -2.41. The molecular weight excluding hydrogens is 292 g/mol. The fraction of sp³-hybridized carbons (Fsp3) is 0.786. The minimum atomic E-state index is 0. The second kappa shape index (κ2) is 7.22. The van der Waals surface area contributed by atoms with Crippen LogP contribution in [0.2, 0.25) is 0 Å². The van der Waals surface area contributed by atoms with Crippen molar-refractivity contribution >= 4 is 18.3 Å². The Morgan fingerprint density at radius 2 is 2.14 bits per heavy atom. The van der Waals surface area contributed by atoms with Gasteiger partial charge in [0.15, 0.2) is 5.82 Å². The van der Waals surface area contributed by atoms with Gasteiger partial charge in [0.25, 0.3) is 0 Å². The minimum absolute atomic E-state index is 0. The number of aryl methyl sites for hydroxylation is 1. The number of hydrogen-bond donors (Lipinski definition) is 2. The summed E-state index contributed by atoms with van der Waals surface area (Å²) >= 11 is 0. The van der Waals surface area contributed by atoms with Gasteiger partial charge in [-0.1, -0.05) is 5.16 Å². The maximum atomic E-state index is 11.8. The number of carbonyl (C=O) groups excluding carboxylic acids is 1. The van der Waals surface area contributed by atoms with E-state index in [1.165, 1.54) is 25.7 Å². The molecule has 2 fully saturated rings. The van der Waals surface area contributed by atoms with Gasteiger partial charge in [0, 0.05) is 31.3 Å². The number of rotatable bonds is 8. The van der Waals surface area contributed by atoms with Crippen molar-refractivity contribution in [3.05, 3.63) is 11.7 Å². The highest BCUT2D eigenvalue weighted by Crippen LogP contribution is 2.38. The van der Waals surface area contributed by atoms with Crippen molar-refractivity contribution in [2.75, 3.05) is 6.54 Å². The van der Waals surface area contributed by atoms with Crippen LogP contribution in [0.15, 0.2) is 4.52 Å². The number of nitrogens with zero attached hydrogens (tertiary/aromatic N) is 2. The Balaban J connectivity index is 0.00000161. The molecule has 2 saturated carbocycles. The van der Waals surface area contributed by atoms with Crippen LogP contribution >= 0.6 is 12.4 Å². The lowest BCUT2D eigenvalue weighted by Gasteiger charge is -2.15. The predicted molar refractivity (Wildman–Crippen MR) is 80.2 cm³/mol. The molecule has 1 aromatic heterocycles. The number of halogens is 1. The third-order valence-electron chi connectivity index (χ3n) is 4.01. The third kappa shape index (κ3) is 4.68. The van der Waals surface area contributed by atoms with Crippen molar-refractivity contribution in [3.8, 4) is 0 Å². The van der Waals surface area contributed by atoms with Gasteiger partial charge >= 0.3 is 0 Å². The van der Waals surface area contributed by atoms with Crippen LogP contribution in [0, 0.1) is 5.92 Å². The molecule has 1 aromatic rings. The van der Waals surface area contributed by atoms with E-state index in [1.54, 1.807) is 0 Å². The largest absolute Gasteiger partial charge is 0.352 e. The molecule has 0 saturated heterocycles. The van der Waals surface area contributed by atoms with Crippen LogP contribution in [0.25, 0.3) is 0 Å². The third-order valence-corrected chi connectivity index (χ3v) is 4.01. The van der Waals surface area contributed by atoms with Gasteiger partial charge < -0.3 is 15.6 Å². The van der Waals surface area contributed by atoms with E-state index < -0.39 is 0 Å². The molecule has 0 radical (unpaired) electrons. The first kappa shape index (κ1) is 16.2. The van der Waals surface area contributed by atoms with Crippen LogP contribution in [0.1, 0.15) is 56.2 Å². The SMILES string of the molecule is Cl.NCC(NC(=O)CCCc1nc(C2CC2)no1)C1CC1. The highest BCUT2D eigenvalue weighted by molar-refractivity contribution is 5.85. The van der Waals surface area contributed by atoms with E-state index in [1.807, 2.05) is 0 Å². The molecule has 2 aliphatic rings. The topological polar surface area (TPSA) is 94.0 Å². The zero-order valence-electron chi connectivity index (χ0n) is 12.1. The molecular formula is C14H23ClN4O2. The number of carbonyl (C=O) groups is 1. The molecule has 1 heterocycles. The molecule has 0 spiro atoms. The summed E-state index contributed by atoms with van der Waals surface area (Å²) in [4.78, 5) is 16.2. The van der Waals surface area contributed by atoms with E-state index in [9.17, 15) is 4.79 Å². The Morgan fingerprint density at radius 3 is 2.76 bits per heavy atom. The van der Waals surface area contributed by atoms with Crippen molar-refractivity contribution in [2.45, 2.75) is 56.9 Å². The van der Waals surface area contributed by atoms with Crippen molar-refractivity contribution in [1.82, 2.24) is 15.5 Å². The zero-order chi connectivity index (χ0) is 13.9. The Bertz CT molecular complexity index is 471. The number of nitrogens with one attached hydrogen (secondary N) is 1. The Kier molecular flexibility index (Phi) is 5.58. The van der Waals surface area contributed by atoms with Crippen LogP contribution in [0.4, 0.5) is 0 Å². The highest BCUT2D eigenvalue weighted by Gasteiger charge is 2.31. The maximum absolute atomic E-state index is 11.8. The normalized spacial score (nSPS) is 18.9. The second-order valence-corrected chi connectivity index (χ2v) is 5.92. The minimum Gasteiger partial charge on any atom is -0.352 e. The molecule has 3 N–H and O–H groups in total. The summed E-state index contributed by atoms with van der Waals surface area (Å²) in [5, 5.41) is 6.98. The summed E-state index contributed by atoms with van der Waals surface area (Å²) in [5.74, 6) is 2.67. The summed E-state index contributed by atoms with van der Waals surface area (Å²) in [7, 11) is 0. The van der Waals surface area contributed by atoms with Crippen molar-refractivity contribution in [3.63, 3.8) is 0 Å². The second-order valence-electron chi connectivity index (χ2n) is 5.92. The van der Waals surface area contributed by atoms with Gasteiger partial charge in [0.05, 0.1) is 0 Å². The van der Waals surface area contributed by atoms with E-state index in [0.717, 1.165) is 12.2 Å². The quantitative estimate of drug-likeness (QED) is 0.759. The van der Waals surface area contributed by atoms with Crippen LogP contribution in [0.3, 0.4) is 0 Å². The van der Waals surface area contributed by atoms with Gasteiger partial charge in [-0.3, -0.25) is 4.79 Å². The molecule has 0 aliphatic heterocycles. The molecule has 7 heteroatoms. The molecule has 1 unspecified atom stereocenters. The Hall–Kier alpha value is -1.14. The van der Waals surface area contributed by atoms with Gasteiger partial charge in [0.1, 0.15) is 0 Å². The monoisotopic (exact) mass is 314 g/mol. The molecule has 1 atom stereocenters. The number of hydrogen-bond acceptors (Lipinski definition) is 5. The molecule has 6 nitrogen and oxygen atoms in total. The first-order chi connectivity index (χ1) is 9.76. The fourth-order valence-corrected chi connectivity index (χ4v) is 2.42. The van der Waals surface area contributed by atoms with Crippen LogP contribution in [0.5, 0.6) is 0 Å². The molecule has 21 heavy (non-hydrogen) atoms. The smallest absolute Gasteiger partial charge is 0.226 e. The average molecular weight is 315 g/mol. The van der Waals surface area contributed by atoms with Gasteiger partial charge in [-0.25, -0.2) is 0 Å². The Morgan fingerprint density at radius 1 is 1.38 bits per heavy atom. The standard InChI is InChI=1S/C14H22N4O2.ClH/c15-8-11(9-4-5-9)16-12(19)2-1-3-13-17-14(18-20-13)10-6-7-10;/h9-11H,1-8,15H2,(H,16,19);1H. The number of nitrogens with two attached hydrogens (primary N) is 1. The van der Waals surface area contributed by atoms with Crippen molar-refractivity contribution in [1.29, 1.82) is 0 Å². The zero-order valence-corrected chi connectivity index (χ0v) is 12.9. The lowest BCUT2D eigenvalue weighted by atomic mass is 10.1. The summed E-state index contributed by atoms with van der Waals surface area (Å²) in [6.45, 7) is 0.533. The molecule has 0 bridgehead atoms. The molecule has 0 aromatic carbocycles. The van der Waals surface area contributed by atoms with E-state index in [2.05, 4.69) is 15.5 Å². The highest BCUT2D eigenvalue weighted by atomic mass is 35.5. The van der Waals surface area contributed by atoms with Gasteiger partial charge in [-0.2, -0.15) is 4.98 Å². The summed E-state index contributed by atoms with van der Waals surface area (Å²) in [5.41, 5.74) is 5.67. The number of amides is 1. The lowest BCUT2D eigenvalue weighted by molar-refractivity contribution is -0.122. The van der Waals surface area contributed by atoms with Crippen molar-refractivity contribution < 1.29 is 9.32 Å². The van der Waals surface area contributed by atoms with Gasteiger partial charge in [-0.15, -0.1) is 12.4 Å². The van der Waals surface area contributed by atoms with E-state index >= 15 is 0 Å². The van der Waals surface area contributed by atoms with Gasteiger partial charge in [-0.05, 0) is 38.0 Å². The van der Waals surface area contributed by atoms with E-state index in [4.69, 9.17) is 10.3 Å². The van der Waals surface area contributed by atoms with E-state index in [0.29, 0.717) is 37.1 Å². The average Bonchev–Trinajstić information content (AvgIpc) is 3.35. The summed E-state index contributed by atoms with van der Waals surface area (Å²) in [6.07, 6.45) is 6.61. The van der Waals surface area contributed by atoms with Crippen LogP contribution < -0.4 is 11.1 Å². The molecule has 2 aliphatic carbocycles. The first-order valence-electron chi connectivity index (χ1n) is 7.58. The Labute approximate surface area is 130 Å². The molecule has 118 valence electrons.